The van der Waals surface area contributed by atoms with Gasteiger partial charge in [-0.05, 0) is 0 Å². The second kappa shape index (κ2) is 10.4. The van der Waals surface area contributed by atoms with Crippen molar-refractivity contribution in [2.75, 3.05) is 0 Å². The van der Waals surface area contributed by atoms with Crippen molar-refractivity contribution >= 4 is 66.4 Å². The number of rotatable bonds is 1. The van der Waals surface area contributed by atoms with Gasteiger partial charge in [0.05, 0.1) is 0 Å². The van der Waals surface area contributed by atoms with Crippen molar-refractivity contribution in [2.24, 2.45) is 0 Å². The maximum absolute atomic E-state index is 9.79. The summed E-state index contributed by atoms with van der Waals surface area (Å²) >= 11 is 0. The van der Waals surface area contributed by atoms with E-state index in [0.29, 0.717) is 0 Å². The van der Waals surface area contributed by atoms with Crippen LogP contribution in [0.2, 0.25) is 0 Å². The number of aliphatic carboxylic acids is 1. The minimum Gasteiger partial charge on any atom is -1.00 e. The second-order valence-corrected chi connectivity index (χ2v) is 1.63. The number of ketones is 2. The molecule has 4 nitrogen and oxygen atoms in total. The van der Waals surface area contributed by atoms with Gasteiger partial charge in [0.2, 0.25) is 0 Å². The maximum atomic E-state index is 9.79. The quantitative estimate of drug-likeness (QED) is 0.548. The van der Waals surface area contributed by atoms with Crippen molar-refractivity contribution in [3.05, 3.63) is 0 Å². The van der Waals surface area contributed by atoms with Crippen LogP contribution < -0.4 is 0 Å². The Balaban J connectivity index is -0.0000000279. The molecule has 0 spiro atoms. The molecule has 11 heavy (non-hydrogen) atoms. The molecular formula is C6H12BaO4. The van der Waals surface area contributed by atoms with Gasteiger partial charge in [-0.3, -0.25) is 14.4 Å². The van der Waals surface area contributed by atoms with E-state index in [1.54, 1.807) is 0 Å². The smallest absolute Gasteiger partial charge is 1.00 e. The molecule has 0 aliphatic heterocycles. The summed E-state index contributed by atoms with van der Waals surface area (Å²) in [5.41, 5.74) is 0. The summed E-state index contributed by atoms with van der Waals surface area (Å²) in [7, 11) is 0. The molecule has 0 atom stereocenters. The predicted molar refractivity (Wildman–Crippen MR) is 42.6 cm³/mol. The Morgan fingerprint density at radius 2 is 1.09 bits per heavy atom. The van der Waals surface area contributed by atoms with Gasteiger partial charge in [0.1, 0.15) is 0 Å². The topological polar surface area (TPSA) is 71.4 Å². The number of carbonyl (C=O) groups is 3. The van der Waals surface area contributed by atoms with Gasteiger partial charge in [-0.2, -0.15) is 0 Å². The molecule has 0 amide bonds. The van der Waals surface area contributed by atoms with E-state index >= 15 is 0 Å². The number of hydrogen-bond donors (Lipinski definition) is 1. The van der Waals surface area contributed by atoms with Crippen LogP contribution in [0.4, 0.5) is 0 Å². The van der Waals surface area contributed by atoms with Gasteiger partial charge in [0.15, 0.2) is 11.6 Å². The summed E-state index contributed by atoms with van der Waals surface area (Å²) in [5, 5.41) is 7.42. The number of carbonyl (C=O) groups excluding carboxylic acids is 2. The predicted octanol–water partition coefficient (Wildman–Crippen LogP) is 0.0995. The molecule has 0 saturated heterocycles. The van der Waals surface area contributed by atoms with Gasteiger partial charge in [-0.25, -0.2) is 0 Å². The van der Waals surface area contributed by atoms with E-state index in [-0.39, 0.29) is 63.3 Å². The summed E-state index contributed by atoms with van der Waals surface area (Å²) in [6.45, 7) is 3.59. The number of hydrogen-bond acceptors (Lipinski definition) is 3. The summed E-state index contributed by atoms with van der Waals surface area (Å²) in [5.74, 6) is -1.59. The zero-order valence-corrected chi connectivity index (χ0v) is 11.3. The summed E-state index contributed by atoms with van der Waals surface area (Å²) < 4.78 is 0. The standard InChI is InChI=1S/C4H6O2.C2H4O2.Ba.2H/c1-3(5)4(2)6;1-2(3)4;;;/h1-2H3;1H3,(H,3,4);;;/q;;+2;2*-1. The van der Waals surface area contributed by atoms with Crippen LogP contribution in [0.25, 0.3) is 0 Å². The first kappa shape index (κ1) is 17.5. The molecule has 0 aromatic rings. The molecule has 0 radical (unpaired) electrons. The van der Waals surface area contributed by atoms with Crippen LogP contribution in [0.3, 0.4) is 0 Å². The average Bonchev–Trinajstić information content (AvgIpc) is 1.63. The van der Waals surface area contributed by atoms with E-state index in [1.165, 1.54) is 13.8 Å². The minimum atomic E-state index is -0.833. The van der Waals surface area contributed by atoms with Crippen molar-refractivity contribution in [1.29, 1.82) is 0 Å². The molecule has 0 aromatic carbocycles. The Labute approximate surface area is 108 Å². The Morgan fingerprint density at radius 1 is 1.00 bits per heavy atom. The van der Waals surface area contributed by atoms with Crippen LogP contribution in [0.15, 0.2) is 0 Å². The Bertz CT molecular complexity index is 145. The zero-order chi connectivity index (χ0) is 8.73. The van der Waals surface area contributed by atoms with Crippen LogP contribution in [0, 0.1) is 0 Å². The van der Waals surface area contributed by atoms with Crippen molar-refractivity contribution in [1.82, 2.24) is 0 Å². The third-order valence-electron chi connectivity index (χ3n) is 0.496. The molecule has 0 aromatic heterocycles. The molecule has 5 heteroatoms. The average molecular weight is 285 g/mol. The number of carboxylic acids is 1. The largest absolute Gasteiger partial charge is 2.00 e. The molecule has 0 aliphatic rings. The van der Waals surface area contributed by atoms with Crippen LogP contribution >= 0.6 is 0 Å². The van der Waals surface area contributed by atoms with Gasteiger partial charge >= 0.3 is 48.9 Å². The SMILES string of the molecule is CC(=O)C(C)=O.CC(=O)O.[Ba+2].[H-].[H-]. The van der Waals surface area contributed by atoms with Crippen LogP contribution in [0.1, 0.15) is 23.6 Å². The maximum Gasteiger partial charge on any atom is 2.00 e. The fourth-order valence-corrected chi connectivity index (χ4v) is 0. The Hall–Kier alpha value is 0.381. The molecule has 0 aliphatic carbocycles. The molecule has 0 saturated carbocycles. The van der Waals surface area contributed by atoms with E-state index in [2.05, 4.69) is 0 Å². The normalized spacial score (nSPS) is 6.45. The van der Waals surface area contributed by atoms with E-state index < -0.39 is 5.97 Å². The zero-order valence-electron chi connectivity index (χ0n) is 8.88. The van der Waals surface area contributed by atoms with Crippen molar-refractivity contribution in [2.45, 2.75) is 20.8 Å². The molecule has 0 unspecified atom stereocenters. The van der Waals surface area contributed by atoms with Gasteiger partial charge in [0.25, 0.3) is 5.97 Å². The summed E-state index contributed by atoms with van der Waals surface area (Å²) in [6.07, 6.45) is 0. The van der Waals surface area contributed by atoms with Crippen molar-refractivity contribution < 1.29 is 22.3 Å². The molecule has 0 heterocycles. The Kier molecular flexibility index (Phi) is 16.5. The van der Waals surface area contributed by atoms with Crippen molar-refractivity contribution in [3.8, 4) is 0 Å². The van der Waals surface area contributed by atoms with E-state index in [4.69, 9.17) is 9.90 Å². The second-order valence-electron chi connectivity index (χ2n) is 1.63. The first-order chi connectivity index (χ1) is 4.37. The summed E-state index contributed by atoms with van der Waals surface area (Å²) in [4.78, 5) is 28.6. The van der Waals surface area contributed by atoms with E-state index in [1.807, 2.05) is 0 Å². The monoisotopic (exact) mass is 286 g/mol. The third kappa shape index (κ3) is 38.0. The first-order valence-electron chi connectivity index (χ1n) is 2.59. The number of carboxylic acid groups (broad SMARTS) is 1. The van der Waals surface area contributed by atoms with Gasteiger partial charge in [-0.1, -0.05) is 0 Å². The van der Waals surface area contributed by atoms with Crippen LogP contribution in [-0.2, 0) is 14.4 Å². The molecule has 1 N–H and O–H groups in total. The van der Waals surface area contributed by atoms with Crippen LogP contribution in [0.5, 0.6) is 0 Å². The van der Waals surface area contributed by atoms with Gasteiger partial charge in [0, 0.05) is 20.8 Å². The third-order valence-corrected chi connectivity index (χ3v) is 0.496. The number of Topliss-reactive ketones (excluding diaryl/α,β-unsaturated/α-hetero) is 2. The fraction of sp³-hybridized carbons (Fsp3) is 0.500. The molecule has 0 rings (SSSR count). The fourth-order valence-electron chi connectivity index (χ4n) is 0. The van der Waals surface area contributed by atoms with Crippen LogP contribution in [-0.4, -0.2) is 71.5 Å². The Morgan fingerprint density at radius 3 is 1.09 bits per heavy atom. The van der Waals surface area contributed by atoms with E-state index in [9.17, 15) is 9.59 Å². The van der Waals surface area contributed by atoms with Gasteiger partial charge < -0.3 is 7.96 Å². The van der Waals surface area contributed by atoms with Gasteiger partial charge in [-0.15, -0.1) is 0 Å². The summed E-state index contributed by atoms with van der Waals surface area (Å²) in [6, 6.07) is 0. The minimum absolute atomic E-state index is 0. The molecule has 0 bridgehead atoms. The molecule has 62 valence electrons. The van der Waals surface area contributed by atoms with E-state index in [0.717, 1.165) is 6.92 Å². The molecule has 0 fully saturated rings. The molecular weight excluding hydrogens is 273 g/mol. The van der Waals surface area contributed by atoms with Crippen molar-refractivity contribution in [3.63, 3.8) is 0 Å². The first-order valence-corrected chi connectivity index (χ1v) is 2.59.